The molecule has 41 heavy (non-hydrogen) atoms. The molecule has 0 aliphatic rings. The van der Waals surface area contributed by atoms with E-state index in [1.54, 1.807) is 0 Å². The number of rotatable bonds is 35. The molecule has 0 spiro atoms. The second kappa shape index (κ2) is 34.4. The Labute approximate surface area is 260 Å². The fourth-order valence-electron chi connectivity index (χ4n) is 6.24. The first-order chi connectivity index (χ1) is 20.1. The molecule has 0 radical (unpaired) electrons. The normalized spacial score (nSPS) is 13.3. The minimum Gasteiger partial charge on any atom is -0.392 e. The second-order valence-electron chi connectivity index (χ2n) is 13.5. The van der Waals surface area contributed by atoms with Gasteiger partial charge in [0.2, 0.25) is 0 Å². The summed E-state index contributed by atoms with van der Waals surface area (Å²) >= 11 is 0. The fourth-order valence-corrected chi connectivity index (χ4v) is 6.24. The molecule has 0 fully saturated rings. The minimum atomic E-state index is -0.247. The number of nitrogens with zero attached hydrogens (tertiary/aromatic N) is 1. The van der Waals surface area contributed by atoms with E-state index in [0.717, 1.165) is 45.3 Å². The van der Waals surface area contributed by atoms with Crippen molar-refractivity contribution in [2.45, 2.75) is 226 Å². The highest BCUT2D eigenvalue weighted by Crippen LogP contribution is 2.16. The second-order valence-corrected chi connectivity index (χ2v) is 13.5. The molecule has 0 aromatic heterocycles. The molecule has 2 unspecified atom stereocenters. The van der Waals surface area contributed by atoms with E-state index in [9.17, 15) is 10.2 Å². The van der Waals surface area contributed by atoms with Gasteiger partial charge in [0.1, 0.15) is 0 Å². The minimum absolute atomic E-state index is 0.247. The lowest BCUT2D eigenvalue weighted by atomic mass is 10.0. The lowest BCUT2D eigenvalue weighted by molar-refractivity contribution is 0.0596. The van der Waals surface area contributed by atoms with E-state index < -0.39 is 0 Å². The molecule has 0 aliphatic carbocycles. The molecule has 0 aromatic carbocycles. The Balaban J connectivity index is 3.92. The van der Waals surface area contributed by atoms with Gasteiger partial charge in [-0.15, -0.1) is 0 Å². The molecule has 0 rings (SSSR count). The van der Waals surface area contributed by atoms with Crippen LogP contribution in [0.1, 0.15) is 213 Å². The molecule has 2 atom stereocenters. The van der Waals surface area contributed by atoms with Crippen molar-refractivity contribution in [2.75, 3.05) is 19.6 Å². The van der Waals surface area contributed by atoms with Crippen molar-refractivity contribution in [2.24, 2.45) is 0 Å². The van der Waals surface area contributed by atoms with Gasteiger partial charge in [-0.2, -0.15) is 0 Å². The molecule has 0 saturated carbocycles. The summed E-state index contributed by atoms with van der Waals surface area (Å²) in [5.74, 6) is 0. The Hall–Kier alpha value is -0.120. The van der Waals surface area contributed by atoms with Gasteiger partial charge in [0.15, 0.2) is 0 Å². The van der Waals surface area contributed by atoms with Crippen molar-refractivity contribution in [3.8, 4) is 0 Å². The topological polar surface area (TPSA) is 43.7 Å². The predicted octanol–water partition coefficient (Wildman–Crippen LogP) is 11.8. The van der Waals surface area contributed by atoms with Gasteiger partial charge in [0, 0.05) is 13.1 Å². The first-order valence-electron chi connectivity index (χ1n) is 19.2. The number of hydrogen-bond acceptors (Lipinski definition) is 3. The van der Waals surface area contributed by atoms with Crippen LogP contribution in [0.5, 0.6) is 0 Å². The zero-order valence-electron chi connectivity index (χ0n) is 28.8. The lowest BCUT2D eigenvalue weighted by Gasteiger charge is -2.27. The lowest BCUT2D eigenvalue weighted by Crippen LogP contribution is -2.38. The van der Waals surface area contributed by atoms with Crippen molar-refractivity contribution in [3.63, 3.8) is 0 Å². The van der Waals surface area contributed by atoms with Crippen molar-refractivity contribution >= 4 is 0 Å². The highest BCUT2D eigenvalue weighted by molar-refractivity contribution is 4.70. The number of hydrogen-bond donors (Lipinski definition) is 2. The van der Waals surface area contributed by atoms with E-state index in [2.05, 4.69) is 25.7 Å². The Kier molecular flexibility index (Phi) is 34.3. The van der Waals surface area contributed by atoms with E-state index in [0.29, 0.717) is 0 Å². The quantitative estimate of drug-likeness (QED) is 0.0731. The molecule has 0 saturated heterocycles. The van der Waals surface area contributed by atoms with E-state index in [1.165, 1.54) is 167 Å². The molecule has 0 aromatic rings. The zero-order chi connectivity index (χ0) is 30.1. The predicted molar refractivity (Wildman–Crippen MR) is 184 cm³/mol. The number of aliphatic hydroxyl groups excluding tert-OH is 2. The van der Waals surface area contributed by atoms with Gasteiger partial charge in [0.05, 0.1) is 12.2 Å². The monoisotopic (exact) mass is 582 g/mol. The van der Waals surface area contributed by atoms with Crippen LogP contribution in [0.4, 0.5) is 0 Å². The van der Waals surface area contributed by atoms with Gasteiger partial charge in [-0.1, -0.05) is 194 Å². The molecule has 248 valence electrons. The van der Waals surface area contributed by atoms with Crippen molar-refractivity contribution in [1.82, 2.24) is 4.90 Å². The standard InChI is InChI=1S/C38H79NO2/c1-4-7-10-13-15-17-19-21-23-25-27-29-32-37(40)35-39(34-31-12-9-6-3)36-38(41)33-30-28-26-24-22-20-18-16-14-11-8-5-2/h37-38,40-41H,4-36H2,1-3H3. The Morgan fingerprint density at radius 3 is 0.878 bits per heavy atom. The van der Waals surface area contributed by atoms with Crippen LogP contribution in [0.3, 0.4) is 0 Å². The maximum Gasteiger partial charge on any atom is 0.0667 e. The molecular weight excluding hydrogens is 502 g/mol. The van der Waals surface area contributed by atoms with Crippen molar-refractivity contribution in [3.05, 3.63) is 0 Å². The summed E-state index contributed by atoms with van der Waals surface area (Å²) in [4.78, 5) is 2.37. The van der Waals surface area contributed by atoms with Crippen LogP contribution in [0.2, 0.25) is 0 Å². The SMILES string of the molecule is CCCCCCCCCCCCCCC(O)CN(CCCCCC)CC(O)CCCCCCCCCCCCCC. The molecular formula is C38H79NO2. The smallest absolute Gasteiger partial charge is 0.0667 e. The summed E-state index contributed by atoms with van der Waals surface area (Å²) in [6.07, 6.45) is 39.0. The third kappa shape index (κ3) is 32.6. The maximum atomic E-state index is 10.8. The van der Waals surface area contributed by atoms with Crippen molar-refractivity contribution in [1.29, 1.82) is 0 Å². The summed E-state index contributed by atoms with van der Waals surface area (Å²) < 4.78 is 0. The molecule has 3 nitrogen and oxygen atoms in total. The Bertz CT molecular complexity index is 435. The molecule has 0 heterocycles. The van der Waals surface area contributed by atoms with Crippen molar-refractivity contribution < 1.29 is 10.2 Å². The van der Waals surface area contributed by atoms with Crippen LogP contribution in [0.15, 0.2) is 0 Å². The summed E-state index contributed by atoms with van der Waals surface area (Å²) in [5.41, 5.74) is 0. The number of unbranched alkanes of at least 4 members (excludes halogenated alkanes) is 25. The third-order valence-corrected chi connectivity index (χ3v) is 9.05. The van der Waals surface area contributed by atoms with Gasteiger partial charge in [-0.05, 0) is 25.8 Å². The highest BCUT2D eigenvalue weighted by Gasteiger charge is 2.15. The first-order valence-corrected chi connectivity index (χ1v) is 19.2. The van der Waals surface area contributed by atoms with E-state index >= 15 is 0 Å². The van der Waals surface area contributed by atoms with Gasteiger partial charge >= 0.3 is 0 Å². The molecule has 3 heteroatoms. The van der Waals surface area contributed by atoms with Gasteiger partial charge in [-0.25, -0.2) is 0 Å². The van der Waals surface area contributed by atoms with E-state index in [-0.39, 0.29) is 12.2 Å². The van der Waals surface area contributed by atoms with E-state index in [4.69, 9.17) is 0 Å². The first kappa shape index (κ1) is 40.9. The summed E-state index contributed by atoms with van der Waals surface area (Å²) in [6.45, 7) is 9.32. The average molecular weight is 582 g/mol. The largest absolute Gasteiger partial charge is 0.392 e. The zero-order valence-corrected chi connectivity index (χ0v) is 28.8. The van der Waals surface area contributed by atoms with Crippen LogP contribution < -0.4 is 0 Å². The highest BCUT2D eigenvalue weighted by atomic mass is 16.3. The molecule has 0 aliphatic heterocycles. The fraction of sp³-hybridized carbons (Fsp3) is 1.00. The Morgan fingerprint density at radius 2 is 0.585 bits per heavy atom. The van der Waals surface area contributed by atoms with Crippen LogP contribution in [-0.2, 0) is 0 Å². The maximum absolute atomic E-state index is 10.8. The third-order valence-electron chi connectivity index (χ3n) is 9.05. The molecule has 2 N–H and O–H groups in total. The van der Waals surface area contributed by atoms with Crippen LogP contribution >= 0.6 is 0 Å². The Morgan fingerprint density at radius 1 is 0.341 bits per heavy atom. The van der Waals surface area contributed by atoms with Crippen LogP contribution in [0, 0.1) is 0 Å². The average Bonchev–Trinajstić information content (AvgIpc) is 2.96. The van der Waals surface area contributed by atoms with E-state index in [1.807, 2.05) is 0 Å². The van der Waals surface area contributed by atoms with Gasteiger partial charge in [0.25, 0.3) is 0 Å². The van der Waals surface area contributed by atoms with Gasteiger partial charge in [-0.3, -0.25) is 4.90 Å². The summed E-state index contributed by atoms with van der Waals surface area (Å²) in [5, 5.41) is 21.5. The number of aliphatic hydroxyl groups is 2. The van der Waals surface area contributed by atoms with Crippen LogP contribution in [0.25, 0.3) is 0 Å². The molecule has 0 amide bonds. The van der Waals surface area contributed by atoms with Crippen LogP contribution in [-0.4, -0.2) is 47.0 Å². The molecule has 0 bridgehead atoms. The summed E-state index contributed by atoms with van der Waals surface area (Å²) in [6, 6.07) is 0. The van der Waals surface area contributed by atoms with Gasteiger partial charge < -0.3 is 10.2 Å². The summed E-state index contributed by atoms with van der Waals surface area (Å²) in [7, 11) is 0.